The molecule has 0 fully saturated rings. The molecule has 0 heterocycles. The van der Waals surface area contributed by atoms with Crippen LogP contribution in [0.4, 0.5) is 4.79 Å². The molecule has 35 heavy (non-hydrogen) atoms. The minimum atomic E-state index is -1.04. The maximum atomic E-state index is 12.9. The van der Waals surface area contributed by atoms with Gasteiger partial charge in [0.1, 0.15) is 13.2 Å². The second-order valence-corrected chi connectivity index (χ2v) is 11.2. The number of amides is 2. The molecule has 0 aliphatic heterocycles. The third-order valence-electron chi connectivity index (χ3n) is 6.03. The highest BCUT2D eigenvalue weighted by atomic mass is 16.5. The Labute approximate surface area is 207 Å². The van der Waals surface area contributed by atoms with Crippen molar-refractivity contribution in [3.63, 3.8) is 0 Å². The zero-order chi connectivity index (χ0) is 25.8. The summed E-state index contributed by atoms with van der Waals surface area (Å²) < 4.78 is 5.58. The van der Waals surface area contributed by atoms with Gasteiger partial charge in [-0.3, -0.25) is 9.59 Å². The number of aliphatic carboxylic acids is 1. The first-order valence-electron chi connectivity index (χ1n) is 11.9. The van der Waals surface area contributed by atoms with Crippen molar-refractivity contribution in [2.75, 3.05) is 26.2 Å². The van der Waals surface area contributed by atoms with Gasteiger partial charge in [0.05, 0.1) is 0 Å². The first kappa shape index (κ1) is 26.3. The van der Waals surface area contributed by atoms with Gasteiger partial charge in [0.2, 0.25) is 5.91 Å². The Morgan fingerprint density at radius 3 is 2.00 bits per heavy atom. The molecule has 0 bridgehead atoms. The molecule has 2 N–H and O–H groups in total. The van der Waals surface area contributed by atoms with Crippen molar-refractivity contribution in [2.24, 2.45) is 10.8 Å². The standard InChI is InChI=1S/C28H36N2O5/c1-27(2,3)18-30(15-25(32)33)24(31)14-28(4,5)17-29-26(34)35-16-23-21-12-8-6-10-19(21)20-11-7-9-13-22(20)23/h6-13,23H,14-18H2,1-5H3,(H,29,34)(H,32,33). The maximum Gasteiger partial charge on any atom is 0.407 e. The molecule has 0 aromatic heterocycles. The van der Waals surface area contributed by atoms with Crippen molar-refractivity contribution in [1.29, 1.82) is 0 Å². The Morgan fingerprint density at radius 1 is 0.943 bits per heavy atom. The number of carboxylic acid groups (broad SMARTS) is 1. The molecule has 0 saturated heterocycles. The Bertz CT molecular complexity index is 1040. The molecule has 2 aromatic rings. The van der Waals surface area contributed by atoms with Crippen molar-refractivity contribution < 1.29 is 24.2 Å². The van der Waals surface area contributed by atoms with Crippen molar-refractivity contribution in [1.82, 2.24) is 10.2 Å². The van der Waals surface area contributed by atoms with Crippen LogP contribution in [0.2, 0.25) is 0 Å². The second-order valence-electron chi connectivity index (χ2n) is 11.2. The summed E-state index contributed by atoms with van der Waals surface area (Å²) in [4.78, 5) is 38.0. The lowest BCUT2D eigenvalue weighted by Crippen LogP contribution is -2.44. The molecule has 1 aliphatic carbocycles. The van der Waals surface area contributed by atoms with Gasteiger partial charge < -0.3 is 20.1 Å². The quantitative estimate of drug-likeness (QED) is 0.532. The van der Waals surface area contributed by atoms with E-state index in [-0.39, 0.29) is 43.4 Å². The predicted molar refractivity (Wildman–Crippen MR) is 135 cm³/mol. The number of hydrogen-bond acceptors (Lipinski definition) is 4. The van der Waals surface area contributed by atoms with Crippen molar-refractivity contribution >= 4 is 18.0 Å². The molecular formula is C28H36N2O5. The summed E-state index contributed by atoms with van der Waals surface area (Å²) in [5.74, 6) is -1.32. The molecule has 0 radical (unpaired) electrons. The molecule has 0 spiro atoms. The fourth-order valence-electron chi connectivity index (χ4n) is 4.51. The minimum absolute atomic E-state index is 0.0234. The molecule has 0 atom stereocenters. The lowest BCUT2D eigenvalue weighted by atomic mass is 9.88. The van der Waals surface area contributed by atoms with Gasteiger partial charge in [-0.2, -0.15) is 0 Å². The van der Waals surface area contributed by atoms with E-state index in [1.165, 1.54) is 4.90 Å². The lowest BCUT2D eigenvalue weighted by molar-refractivity contribution is -0.146. The number of hydrogen-bond donors (Lipinski definition) is 2. The monoisotopic (exact) mass is 480 g/mol. The lowest BCUT2D eigenvalue weighted by Gasteiger charge is -2.32. The van der Waals surface area contributed by atoms with Crippen LogP contribution in [0.15, 0.2) is 48.5 Å². The Hall–Kier alpha value is -3.35. The van der Waals surface area contributed by atoms with E-state index in [2.05, 4.69) is 29.6 Å². The third kappa shape index (κ3) is 7.07. The number of carboxylic acids is 1. The van der Waals surface area contributed by atoms with Gasteiger partial charge in [-0.25, -0.2) is 4.79 Å². The zero-order valence-electron chi connectivity index (χ0n) is 21.3. The number of alkyl carbamates (subject to hydrolysis) is 1. The number of carbonyl (C=O) groups excluding carboxylic acids is 2. The highest BCUT2D eigenvalue weighted by molar-refractivity contribution is 5.82. The third-order valence-corrected chi connectivity index (χ3v) is 6.03. The molecule has 0 saturated carbocycles. The average Bonchev–Trinajstić information content (AvgIpc) is 3.08. The average molecular weight is 481 g/mol. The van der Waals surface area contributed by atoms with Gasteiger partial charge >= 0.3 is 12.1 Å². The first-order chi connectivity index (χ1) is 16.4. The van der Waals surface area contributed by atoms with Crippen LogP contribution in [0.1, 0.15) is 58.1 Å². The summed E-state index contributed by atoms with van der Waals surface area (Å²) in [5.41, 5.74) is 3.82. The smallest absolute Gasteiger partial charge is 0.407 e. The summed E-state index contributed by atoms with van der Waals surface area (Å²) in [7, 11) is 0. The normalized spacial score (nSPS) is 13.1. The van der Waals surface area contributed by atoms with Crippen LogP contribution < -0.4 is 5.32 Å². The number of ether oxygens (including phenoxy) is 1. The predicted octanol–water partition coefficient (Wildman–Crippen LogP) is 4.90. The van der Waals surface area contributed by atoms with E-state index in [4.69, 9.17) is 4.74 Å². The summed E-state index contributed by atoms with van der Waals surface area (Å²) in [6, 6.07) is 16.3. The largest absolute Gasteiger partial charge is 0.480 e. The molecule has 0 unspecified atom stereocenters. The number of carbonyl (C=O) groups is 3. The van der Waals surface area contributed by atoms with Crippen LogP contribution in [-0.2, 0) is 14.3 Å². The van der Waals surface area contributed by atoms with Gasteiger partial charge in [-0.05, 0) is 33.1 Å². The van der Waals surface area contributed by atoms with Crippen molar-refractivity contribution in [3.05, 3.63) is 59.7 Å². The van der Waals surface area contributed by atoms with Crippen LogP contribution >= 0.6 is 0 Å². The van der Waals surface area contributed by atoms with Crippen LogP contribution in [0.25, 0.3) is 11.1 Å². The molecule has 2 amide bonds. The SMILES string of the molecule is CC(C)(C)CN(CC(=O)O)C(=O)CC(C)(C)CNC(=O)OCC1c2ccccc2-c2ccccc21. The molecule has 7 heteroatoms. The van der Waals surface area contributed by atoms with E-state index in [0.29, 0.717) is 6.54 Å². The molecule has 1 aliphatic rings. The van der Waals surface area contributed by atoms with Crippen LogP contribution in [0.5, 0.6) is 0 Å². The van der Waals surface area contributed by atoms with Crippen LogP contribution in [0, 0.1) is 10.8 Å². The van der Waals surface area contributed by atoms with Crippen molar-refractivity contribution in [3.8, 4) is 11.1 Å². The van der Waals surface area contributed by atoms with Crippen LogP contribution in [0.3, 0.4) is 0 Å². The number of fused-ring (bicyclic) bond motifs is 3. The minimum Gasteiger partial charge on any atom is -0.480 e. The molecule has 3 rings (SSSR count). The van der Waals surface area contributed by atoms with E-state index in [9.17, 15) is 19.5 Å². The highest BCUT2D eigenvalue weighted by Gasteiger charge is 2.31. The fraction of sp³-hybridized carbons (Fsp3) is 0.464. The molecule has 7 nitrogen and oxygen atoms in total. The Kier molecular flexibility index (Phi) is 7.88. The number of rotatable bonds is 9. The van der Waals surface area contributed by atoms with E-state index < -0.39 is 17.5 Å². The summed E-state index contributed by atoms with van der Waals surface area (Å²) in [6.45, 7) is 10.1. The summed E-state index contributed by atoms with van der Waals surface area (Å²) in [5, 5.41) is 12.0. The van der Waals surface area contributed by atoms with Gasteiger partial charge in [0.25, 0.3) is 0 Å². The van der Waals surface area contributed by atoms with Gasteiger partial charge in [-0.1, -0.05) is 83.1 Å². The number of nitrogens with one attached hydrogen (secondary N) is 1. The number of benzene rings is 2. The van der Waals surface area contributed by atoms with E-state index in [1.54, 1.807) is 0 Å². The molecule has 188 valence electrons. The van der Waals surface area contributed by atoms with E-state index >= 15 is 0 Å². The van der Waals surface area contributed by atoms with Gasteiger partial charge in [0.15, 0.2) is 0 Å². The van der Waals surface area contributed by atoms with Gasteiger partial charge in [0, 0.05) is 25.4 Å². The summed E-state index contributed by atoms with van der Waals surface area (Å²) in [6.07, 6.45) is -0.426. The summed E-state index contributed by atoms with van der Waals surface area (Å²) >= 11 is 0. The topological polar surface area (TPSA) is 95.9 Å². The Balaban J connectivity index is 1.55. The van der Waals surface area contributed by atoms with E-state index in [1.807, 2.05) is 58.9 Å². The Morgan fingerprint density at radius 2 is 1.49 bits per heavy atom. The number of nitrogens with zero attached hydrogens (tertiary/aromatic N) is 1. The molecule has 2 aromatic carbocycles. The second kappa shape index (κ2) is 10.5. The van der Waals surface area contributed by atoms with Crippen LogP contribution in [-0.4, -0.2) is 54.2 Å². The van der Waals surface area contributed by atoms with E-state index in [0.717, 1.165) is 22.3 Å². The first-order valence-corrected chi connectivity index (χ1v) is 11.9. The zero-order valence-corrected chi connectivity index (χ0v) is 21.3. The van der Waals surface area contributed by atoms with Gasteiger partial charge in [-0.15, -0.1) is 0 Å². The highest BCUT2D eigenvalue weighted by Crippen LogP contribution is 2.44. The molecular weight excluding hydrogens is 444 g/mol. The fourth-order valence-corrected chi connectivity index (χ4v) is 4.51. The maximum absolute atomic E-state index is 12.9. The van der Waals surface area contributed by atoms with Crippen molar-refractivity contribution in [2.45, 2.75) is 47.0 Å².